The number of anilines is 3. The molecule has 0 aliphatic carbocycles. The van der Waals surface area contributed by atoms with Crippen molar-refractivity contribution >= 4 is 17.3 Å². The molecule has 2 rings (SSSR count). The van der Waals surface area contributed by atoms with Crippen LogP contribution in [0, 0.1) is 5.82 Å². The van der Waals surface area contributed by atoms with Crippen molar-refractivity contribution in [3.8, 4) is 0 Å². The number of nitrogen functional groups attached to an aromatic ring is 1. The Hall–Kier alpha value is -2.17. The van der Waals surface area contributed by atoms with Crippen LogP contribution in [0.2, 0.25) is 0 Å². The second-order valence-electron chi connectivity index (χ2n) is 3.35. The minimum Gasteiger partial charge on any atom is -0.382 e. The molecule has 4 nitrogen and oxygen atoms in total. The third-order valence-corrected chi connectivity index (χ3v) is 2.23. The summed E-state index contributed by atoms with van der Waals surface area (Å²) in [5.41, 5.74) is 6.28. The summed E-state index contributed by atoms with van der Waals surface area (Å²) in [6, 6.07) is 9.57. The molecule has 5 heteroatoms. The topological polar surface area (TPSA) is 55.0 Å². The van der Waals surface area contributed by atoms with Crippen LogP contribution in [0.15, 0.2) is 36.4 Å². The zero-order valence-corrected chi connectivity index (χ0v) is 8.76. The van der Waals surface area contributed by atoms with Gasteiger partial charge >= 0.3 is 0 Å². The minimum atomic E-state index is -0.263. The van der Waals surface area contributed by atoms with Crippen molar-refractivity contribution in [2.45, 2.75) is 0 Å². The molecule has 0 atom stereocenters. The van der Waals surface area contributed by atoms with Crippen molar-refractivity contribution < 1.29 is 4.39 Å². The lowest BCUT2D eigenvalue weighted by Crippen LogP contribution is -2.12. The Morgan fingerprint density at radius 2 is 1.75 bits per heavy atom. The van der Waals surface area contributed by atoms with Crippen LogP contribution in [0.1, 0.15) is 0 Å². The summed E-state index contributed by atoms with van der Waals surface area (Å²) >= 11 is 0. The maximum Gasteiger partial charge on any atom is 0.155 e. The van der Waals surface area contributed by atoms with Crippen molar-refractivity contribution in [1.29, 1.82) is 0 Å². The molecule has 0 unspecified atom stereocenters. The predicted octanol–water partition coefficient (Wildman–Crippen LogP) is 1.97. The first kappa shape index (κ1) is 10.4. The van der Waals surface area contributed by atoms with Crippen molar-refractivity contribution in [2.75, 3.05) is 17.7 Å². The lowest BCUT2D eigenvalue weighted by atomic mass is 10.3. The molecule has 1 heterocycles. The number of hydrogen-bond acceptors (Lipinski definition) is 4. The maximum atomic E-state index is 12.7. The first-order valence-electron chi connectivity index (χ1n) is 4.75. The summed E-state index contributed by atoms with van der Waals surface area (Å²) in [6.07, 6.45) is 0. The molecule has 16 heavy (non-hydrogen) atoms. The fourth-order valence-electron chi connectivity index (χ4n) is 1.31. The summed E-state index contributed by atoms with van der Waals surface area (Å²) in [5, 5.41) is 7.69. The van der Waals surface area contributed by atoms with Gasteiger partial charge in [-0.2, -0.15) is 0 Å². The number of nitrogens with two attached hydrogens (primary N) is 1. The second-order valence-corrected chi connectivity index (χ2v) is 3.35. The zero-order valence-electron chi connectivity index (χ0n) is 8.76. The fraction of sp³-hybridized carbons (Fsp3) is 0.0909. The molecule has 0 saturated carbocycles. The first-order valence-corrected chi connectivity index (χ1v) is 4.75. The van der Waals surface area contributed by atoms with E-state index in [-0.39, 0.29) is 5.82 Å². The van der Waals surface area contributed by atoms with E-state index in [0.29, 0.717) is 11.6 Å². The van der Waals surface area contributed by atoms with Crippen molar-refractivity contribution in [3.05, 3.63) is 42.2 Å². The minimum absolute atomic E-state index is 0.263. The van der Waals surface area contributed by atoms with Crippen LogP contribution in [0.5, 0.6) is 0 Å². The summed E-state index contributed by atoms with van der Waals surface area (Å²) in [5.74, 6) is 0.762. The van der Waals surface area contributed by atoms with Gasteiger partial charge in [0, 0.05) is 12.7 Å². The Morgan fingerprint density at radius 3 is 2.31 bits per heavy atom. The Balaban J connectivity index is 2.28. The standard InChI is InChI=1S/C11H11FN4/c1-16(9-4-2-8(12)3-5-9)11-7-6-10(13)14-15-11/h2-7H,1H3,(H2,13,14). The lowest BCUT2D eigenvalue weighted by Gasteiger charge is -2.17. The van der Waals surface area contributed by atoms with Crippen molar-refractivity contribution in [3.63, 3.8) is 0 Å². The molecule has 0 saturated heterocycles. The van der Waals surface area contributed by atoms with Crippen LogP contribution in [-0.4, -0.2) is 17.2 Å². The lowest BCUT2D eigenvalue weighted by molar-refractivity contribution is 0.628. The van der Waals surface area contributed by atoms with E-state index in [1.165, 1.54) is 12.1 Å². The van der Waals surface area contributed by atoms with Gasteiger partial charge in [0.25, 0.3) is 0 Å². The van der Waals surface area contributed by atoms with E-state index in [2.05, 4.69) is 10.2 Å². The number of rotatable bonds is 2. The molecule has 0 bridgehead atoms. The van der Waals surface area contributed by atoms with E-state index in [0.717, 1.165) is 5.69 Å². The Kier molecular flexibility index (Phi) is 2.68. The van der Waals surface area contributed by atoms with Gasteiger partial charge in [-0.15, -0.1) is 10.2 Å². The van der Waals surface area contributed by atoms with Crippen LogP contribution < -0.4 is 10.6 Å². The third-order valence-electron chi connectivity index (χ3n) is 2.23. The zero-order chi connectivity index (χ0) is 11.5. The van der Waals surface area contributed by atoms with E-state index in [1.54, 1.807) is 29.2 Å². The predicted molar refractivity (Wildman–Crippen MR) is 60.9 cm³/mol. The molecule has 0 aliphatic rings. The average molecular weight is 218 g/mol. The highest BCUT2D eigenvalue weighted by molar-refractivity contribution is 5.58. The molecule has 2 N–H and O–H groups in total. The van der Waals surface area contributed by atoms with Crippen molar-refractivity contribution in [1.82, 2.24) is 10.2 Å². The first-order chi connectivity index (χ1) is 7.66. The molecule has 0 fully saturated rings. The number of halogens is 1. The van der Waals surface area contributed by atoms with E-state index < -0.39 is 0 Å². The van der Waals surface area contributed by atoms with Gasteiger partial charge in [-0.05, 0) is 36.4 Å². The smallest absolute Gasteiger partial charge is 0.155 e. The summed E-state index contributed by atoms with van der Waals surface area (Å²) < 4.78 is 12.7. The Bertz CT molecular complexity index is 421. The summed E-state index contributed by atoms with van der Waals surface area (Å²) in [6.45, 7) is 0. The monoisotopic (exact) mass is 218 g/mol. The number of nitrogens with zero attached hydrogens (tertiary/aromatic N) is 3. The highest BCUT2D eigenvalue weighted by atomic mass is 19.1. The van der Waals surface area contributed by atoms with Crippen LogP contribution in [0.25, 0.3) is 0 Å². The molecule has 82 valence electrons. The van der Waals surface area contributed by atoms with Gasteiger partial charge in [0.15, 0.2) is 5.82 Å². The molecule has 0 amide bonds. The maximum absolute atomic E-state index is 12.7. The summed E-state index contributed by atoms with van der Waals surface area (Å²) in [7, 11) is 1.83. The quantitative estimate of drug-likeness (QED) is 0.837. The van der Waals surface area contributed by atoms with Crippen LogP contribution in [0.4, 0.5) is 21.7 Å². The van der Waals surface area contributed by atoms with E-state index in [9.17, 15) is 4.39 Å². The average Bonchev–Trinajstić information content (AvgIpc) is 2.30. The van der Waals surface area contributed by atoms with Gasteiger partial charge in [0.05, 0.1) is 0 Å². The molecule has 1 aromatic heterocycles. The Morgan fingerprint density at radius 1 is 1.06 bits per heavy atom. The van der Waals surface area contributed by atoms with Gasteiger partial charge < -0.3 is 10.6 Å². The van der Waals surface area contributed by atoms with E-state index >= 15 is 0 Å². The van der Waals surface area contributed by atoms with Crippen LogP contribution in [0.3, 0.4) is 0 Å². The number of benzene rings is 1. The molecule has 0 radical (unpaired) electrons. The molecule has 2 aromatic rings. The second kappa shape index (κ2) is 4.14. The van der Waals surface area contributed by atoms with Crippen LogP contribution in [-0.2, 0) is 0 Å². The van der Waals surface area contributed by atoms with Gasteiger partial charge in [-0.3, -0.25) is 0 Å². The van der Waals surface area contributed by atoms with Crippen molar-refractivity contribution in [2.24, 2.45) is 0 Å². The third kappa shape index (κ3) is 2.08. The number of aromatic nitrogens is 2. The van der Waals surface area contributed by atoms with Crippen LogP contribution >= 0.6 is 0 Å². The highest BCUT2D eigenvalue weighted by Gasteiger charge is 2.05. The molecular weight excluding hydrogens is 207 g/mol. The van der Waals surface area contributed by atoms with Gasteiger partial charge in [0.1, 0.15) is 11.6 Å². The Labute approximate surface area is 92.5 Å². The highest BCUT2D eigenvalue weighted by Crippen LogP contribution is 2.21. The fourth-order valence-corrected chi connectivity index (χ4v) is 1.31. The normalized spacial score (nSPS) is 10.1. The molecule has 0 spiro atoms. The largest absolute Gasteiger partial charge is 0.382 e. The van der Waals surface area contributed by atoms with Gasteiger partial charge in [0.2, 0.25) is 0 Å². The van der Waals surface area contributed by atoms with E-state index in [4.69, 9.17) is 5.73 Å². The molecule has 0 aliphatic heterocycles. The van der Waals surface area contributed by atoms with E-state index in [1.807, 2.05) is 7.05 Å². The number of hydrogen-bond donors (Lipinski definition) is 1. The SMILES string of the molecule is CN(c1ccc(F)cc1)c1ccc(N)nn1. The van der Waals surface area contributed by atoms with Gasteiger partial charge in [-0.25, -0.2) is 4.39 Å². The molecule has 1 aromatic carbocycles. The summed E-state index contributed by atoms with van der Waals surface area (Å²) in [4.78, 5) is 1.80. The van der Waals surface area contributed by atoms with Gasteiger partial charge in [-0.1, -0.05) is 0 Å². The molecular formula is C11H11FN4.